The first-order valence-corrected chi connectivity index (χ1v) is 5.62. The minimum atomic E-state index is -0.466. The summed E-state index contributed by atoms with van der Waals surface area (Å²) in [4.78, 5) is 22.8. The minimum Gasteiger partial charge on any atom is -0.425 e. The molecule has 0 aliphatic heterocycles. The molecule has 92 valence electrons. The number of rotatable bonds is 2. The number of carbonyl (C=O) groups is 2. The van der Waals surface area contributed by atoms with Crippen molar-refractivity contribution in [2.24, 2.45) is 5.41 Å². The van der Waals surface area contributed by atoms with Crippen LogP contribution in [0.4, 0.5) is 0 Å². The third kappa shape index (κ3) is 3.56. The lowest BCUT2D eigenvalue weighted by atomic mass is 9.86. The van der Waals surface area contributed by atoms with Crippen LogP contribution < -0.4 is 4.74 Å². The van der Waals surface area contributed by atoms with Crippen molar-refractivity contribution in [1.29, 1.82) is 0 Å². The van der Waals surface area contributed by atoms with E-state index in [9.17, 15) is 9.59 Å². The van der Waals surface area contributed by atoms with Crippen LogP contribution in [0.1, 0.15) is 38.1 Å². The maximum absolute atomic E-state index is 12.0. The van der Waals surface area contributed by atoms with E-state index in [0.29, 0.717) is 5.56 Å². The van der Waals surface area contributed by atoms with E-state index in [1.165, 1.54) is 19.1 Å². The predicted octanol–water partition coefficient (Wildman–Crippen LogP) is 3.49. The Balaban J connectivity index is 3.05. The highest BCUT2D eigenvalue weighted by Gasteiger charge is 2.23. The van der Waals surface area contributed by atoms with Crippen molar-refractivity contribution in [1.82, 2.24) is 0 Å². The van der Waals surface area contributed by atoms with Gasteiger partial charge in [-0.15, -0.1) is 0 Å². The standard InChI is InChI=1S/C13H15ClO3/c1-8(15)17-11-6-5-9(7-10(11)14)12(16)13(2,3)4/h5-7H,1-4H3. The maximum Gasteiger partial charge on any atom is 0.308 e. The second-order valence-corrected chi connectivity index (χ2v) is 5.23. The smallest absolute Gasteiger partial charge is 0.308 e. The van der Waals surface area contributed by atoms with Gasteiger partial charge in [0.2, 0.25) is 0 Å². The first-order chi connectivity index (χ1) is 7.71. The molecule has 0 aromatic heterocycles. The lowest BCUT2D eigenvalue weighted by Gasteiger charge is -2.17. The number of benzene rings is 1. The molecule has 4 heteroatoms. The molecule has 0 unspecified atom stereocenters. The molecule has 0 heterocycles. The Morgan fingerprint density at radius 3 is 2.24 bits per heavy atom. The van der Waals surface area contributed by atoms with E-state index in [1.807, 2.05) is 20.8 Å². The summed E-state index contributed by atoms with van der Waals surface area (Å²) in [5.74, 6) is -0.180. The zero-order valence-corrected chi connectivity index (χ0v) is 11.1. The van der Waals surface area contributed by atoms with Gasteiger partial charge in [0, 0.05) is 17.9 Å². The number of carbonyl (C=O) groups excluding carboxylic acids is 2. The number of halogens is 1. The first-order valence-electron chi connectivity index (χ1n) is 5.24. The van der Waals surface area contributed by atoms with Crippen molar-refractivity contribution in [3.63, 3.8) is 0 Å². The molecule has 0 bridgehead atoms. The van der Waals surface area contributed by atoms with Gasteiger partial charge >= 0.3 is 5.97 Å². The number of ketones is 1. The molecule has 0 aliphatic carbocycles. The molecular formula is C13H15ClO3. The van der Waals surface area contributed by atoms with E-state index < -0.39 is 11.4 Å². The zero-order chi connectivity index (χ0) is 13.2. The third-order valence-corrected chi connectivity index (χ3v) is 2.42. The topological polar surface area (TPSA) is 43.4 Å². The molecular weight excluding hydrogens is 240 g/mol. The largest absolute Gasteiger partial charge is 0.425 e. The average molecular weight is 255 g/mol. The Labute approximate surface area is 106 Å². The minimum absolute atomic E-state index is 0.00576. The summed E-state index contributed by atoms with van der Waals surface area (Å²) >= 11 is 5.94. The molecule has 0 atom stereocenters. The molecule has 0 N–H and O–H groups in total. The lowest BCUT2D eigenvalue weighted by Crippen LogP contribution is -2.20. The molecule has 0 amide bonds. The molecule has 1 aromatic rings. The monoisotopic (exact) mass is 254 g/mol. The number of Topliss-reactive ketones (excluding diaryl/α,β-unsaturated/α-hetero) is 1. The van der Waals surface area contributed by atoms with Gasteiger partial charge in [-0.05, 0) is 18.2 Å². The SMILES string of the molecule is CC(=O)Oc1ccc(C(=O)C(C)(C)C)cc1Cl. The predicted molar refractivity (Wildman–Crippen MR) is 66.5 cm³/mol. The molecule has 0 saturated heterocycles. The van der Waals surface area contributed by atoms with Crippen molar-refractivity contribution in [2.75, 3.05) is 0 Å². The van der Waals surface area contributed by atoms with Crippen LogP contribution in [0.3, 0.4) is 0 Å². The van der Waals surface area contributed by atoms with Gasteiger partial charge < -0.3 is 4.74 Å². The molecule has 0 aliphatic rings. The van der Waals surface area contributed by atoms with Gasteiger partial charge in [0.1, 0.15) is 5.75 Å². The van der Waals surface area contributed by atoms with Gasteiger partial charge in [-0.1, -0.05) is 32.4 Å². The van der Waals surface area contributed by atoms with Crippen LogP contribution in [0, 0.1) is 5.41 Å². The van der Waals surface area contributed by atoms with Crippen LogP contribution >= 0.6 is 11.6 Å². The molecule has 3 nitrogen and oxygen atoms in total. The molecule has 1 aromatic carbocycles. The quantitative estimate of drug-likeness (QED) is 0.461. The summed E-state index contributed by atoms with van der Waals surface area (Å²) in [7, 11) is 0. The molecule has 17 heavy (non-hydrogen) atoms. The molecule has 1 rings (SSSR count). The lowest BCUT2D eigenvalue weighted by molar-refractivity contribution is -0.131. The fourth-order valence-corrected chi connectivity index (χ4v) is 1.53. The van der Waals surface area contributed by atoms with E-state index in [1.54, 1.807) is 6.07 Å². The van der Waals surface area contributed by atoms with E-state index in [4.69, 9.17) is 16.3 Å². The van der Waals surface area contributed by atoms with Crippen molar-refractivity contribution < 1.29 is 14.3 Å². The van der Waals surface area contributed by atoms with Crippen LogP contribution in [0.25, 0.3) is 0 Å². The molecule has 0 radical (unpaired) electrons. The molecule has 0 fully saturated rings. The zero-order valence-electron chi connectivity index (χ0n) is 10.3. The summed E-state index contributed by atoms with van der Waals surface area (Å²) in [5.41, 5.74) is 0.0464. The van der Waals surface area contributed by atoms with E-state index in [-0.39, 0.29) is 16.6 Å². The van der Waals surface area contributed by atoms with E-state index in [2.05, 4.69) is 0 Å². The van der Waals surface area contributed by atoms with Crippen molar-refractivity contribution >= 4 is 23.4 Å². The average Bonchev–Trinajstić information content (AvgIpc) is 2.18. The van der Waals surface area contributed by atoms with Gasteiger partial charge in [-0.2, -0.15) is 0 Å². The Morgan fingerprint density at radius 2 is 1.82 bits per heavy atom. The van der Waals surface area contributed by atoms with Crippen LogP contribution in [0.5, 0.6) is 5.75 Å². The Bertz CT molecular complexity index is 458. The number of esters is 1. The number of ether oxygens (including phenoxy) is 1. The maximum atomic E-state index is 12.0. The van der Waals surface area contributed by atoms with Gasteiger partial charge in [-0.25, -0.2) is 0 Å². The Hall–Kier alpha value is -1.35. The first kappa shape index (κ1) is 13.7. The second kappa shape index (κ2) is 4.88. The highest BCUT2D eigenvalue weighted by atomic mass is 35.5. The third-order valence-electron chi connectivity index (χ3n) is 2.13. The van der Waals surface area contributed by atoms with Gasteiger partial charge in [0.05, 0.1) is 5.02 Å². The van der Waals surface area contributed by atoms with Crippen LogP contribution in [0.2, 0.25) is 5.02 Å². The highest BCUT2D eigenvalue weighted by molar-refractivity contribution is 6.32. The van der Waals surface area contributed by atoms with Gasteiger partial charge in [-0.3, -0.25) is 9.59 Å². The van der Waals surface area contributed by atoms with Crippen LogP contribution in [-0.2, 0) is 4.79 Å². The fourth-order valence-electron chi connectivity index (χ4n) is 1.31. The van der Waals surface area contributed by atoms with E-state index >= 15 is 0 Å². The van der Waals surface area contributed by atoms with Crippen molar-refractivity contribution in [3.8, 4) is 5.75 Å². The number of hydrogen-bond donors (Lipinski definition) is 0. The normalized spacial score (nSPS) is 11.1. The van der Waals surface area contributed by atoms with Crippen molar-refractivity contribution in [2.45, 2.75) is 27.7 Å². The second-order valence-electron chi connectivity index (χ2n) is 4.82. The Kier molecular flexibility index (Phi) is 3.94. The molecule has 0 spiro atoms. The van der Waals surface area contributed by atoms with Crippen LogP contribution in [-0.4, -0.2) is 11.8 Å². The summed E-state index contributed by atoms with van der Waals surface area (Å²) in [5, 5.41) is 0.260. The van der Waals surface area contributed by atoms with E-state index in [0.717, 1.165) is 0 Å². The summed E-state index contributed by atoms with van der Waals surface area (Å²) < 4.78 is 4.88. The number of hydrogen-bond acceptors (Lipinski definition) is 3. The Morgan fingerprint density at radius 1 is 1.24 bits per heavy atom. The van der Waals surface area contributed by atoms with Crippen molar-refractivity contribution in [3.05, 3.63) is 28.8 Å². The van der Waals surface area contributed by atoms with Gasteiger partial charge in [0.15, 0.2) is 5.78 Å². The summed E-state index contributed by atoms with van der Waals surface area (Å²) in [6, 6.07) is 4.66. The fraction of sp³-hybridized carbons (Fsp3) is 0.385. The summed E-state index contributed by atoms with van der Waals surface area (Å²) in [6.07, 6.45) is 0. The molecule has 0 saturated carbocycles. The summed E-state index contributed by atoms with van der Waals surface area (Å²) in [6.45, 7) is 6.81. The highest BCUT2D eigenvalue weighted by Crippen LogP contribution is 2.29. The van der Waals surface area contributed by atoms with Crippen LogP contribution in [0.15, 0.2) is 18.2 Å². The van der Waals surface area contributed by atoms with Gasteiger partial charge in [0.25, 0.3) is 0 Å².